The fraction of sp³-hybridized carbons (Fsp3) is 0.692. The minimum Gasteiger partial charge on any atom is -0.393 e. The molecule has 1 aliphatic rings. The smallest absolute Gasteiger partial charge is 0.146 e. The number of aliphatic hydroxyl groups excluding tert-OH is 1. The molecule has 0 aromatic carbocycles. The van der Waals surface area contributed by atoms with Crippen molar-refractivity contribution in [2.24, 2.45) is 0 Å². The molecule has 0 saturated heterocycles. The lowest BCUT2D eigenvalue weighted by Gasteiger charge is -2.27. The van der Waals surface area contributed by atoms with Gasteiger partial charge in [-0.25, -0.2) is 9.97 Å². The molecule has 0 aliphatic heterocycles. The molecule has 5 nitrogen and oxygen atoms in total. The van der Waals surface area contributed by atoms with Gasteiger partial charge in [0.05, 0.1) is 6.10 Å². The summed E-state index contributed by atoms with van der Waals surface area (Å²) in [4.78, 5) is 8.52. The Kier molecular flexibility index (Phi) is 5.39. The molecule has 6 heteroatoms. The minimum atomic E-state index is -0.131. The molecule has 1 aliphatic carbocycles. The molecule has 19 heavy (non-hydrogen) atoms. The largest absolute Gasteiger partial charge is 0.393 e. The van der Waals surface area contributed by atoms with Gasteiger partial charge in [-0.15, -0.1) is 0 Å². The summed E-state index contributed by atoms with van der Waals surface area (Å²) in [6.07, 6.45) is 6.18. The number of halogens is 1. The van der Waals surface area contributed by atoms with Crippen LogP contribution in [0.4, 0.5) is 11.6 Å². The zero-order chi connectivity index (χ0) is 13.7. The van der Waals surface area contributed by atoms with Crippen LogP contribution in [0.3, 0.4) is 0 Å². The van der Waals surface area contributed by atoms with Gasteiger partial charge < -0.3 is 15.7 Å². The highest BCUT2D eigenvalue weighted by molar-refractivity contribution is 9.10. The van der Waals surface area contributed by atoms with Gasteiger partial charge in [-0.1, -0.05) is 6.92 Å². The van der Waals surface area contributed by atoms with Crippen LogP contribution in [0.2, 0.25) is 0 Å². The summed E-state index contributed by atoms with van der Waals surface area (Å²) in [6, 6.07) is 0.383. The first-order chi connectivity index (χ1) is 9.20. The molecule has 3 N–H and O–H groups in total. The molecular formula is C13H21BrN4O. The van der Waals surface area contributed by atoms with Crippen molar-refractivity contribution in [1.29, 1.82) is 0 Å². The number of nitrogens with one attached hydrogen (secondary N) is 2. The van der Waals surface area contributed by atoms with Gasteiger partial charge in [0.1, 0.15) is 22.4 Å². The quantitative estimate of drug-likeness (QED) is 0.775. The van der Waals surface area contributed by atoms with Crippen LogP contribution in [0, 0.1) is 0 Å². The predicted molar refractivity (Wildman–Crippen MR) is 80.4 cm³/mol. The van der Waals surface area contributed by atoms with Gasteiger partial charge in [-0.05, 0) is 48.0 Å². The Morgan fingerprint density at radius 3 is 2.63 bits per heavy atom. The first-order valence-electron chi connectivity index (χ1n) is 6.89. The van der Waals surface area contributed by atoms with Crippen LogP contribution in [0.5, 0.6) is 0 Å². The lowest BCUT2D eigenvalue weighted by atomic mass is 9.93. The van der Waals surface area contributed by atoms with Crippen LogP contribution in [0.1, 0.15) is 39.0 Å². The van der Waals surface area contributed by atoms with Gasteiger partial charge in [-0.2, -0.15) is 0 Å². The van der Waals surface area contributed by atoms with Crippen molar-refractivity contribution < 1.29 is 5.11 Å². The third-order valence-corrected chi connectivity index (χ3v) is 4.12. The number of aromatic nitrogens is 2. The minimum absolute atomic E-state index is 0.131. The van der Waals surface area contributed by atoms with Gasteiger partial charge in [0.2, 0.25) is 0 Å². The molecule has 0 bridgehead atoms. The van der Waals surface area contributed by atoms with E-state index in [2.05, 4.69) is 43.5 Å². The molecule has 1 heterocycles. The van der Waals surface area contributed by atoms with Crippen LogP contribution in [-0.2, 0) is 0 Å². The lowest BCUT2D eigenvalue weighted by molar-refractivity contribution is 0.126. The second-order valence-electron chi connectivity index (χ2n) is 4.96. The van der Waals surface area contributed by atoms with E-state index in [9.17, 15) is 5.11 Å². The van der Waals surface area contributed by atoms with Crippen LogP contribution >= 0.6 is 15.9 Å². The van der Waals surface area contributed by atoms with Gasteiger partial charge in [-0.3, -0.25) is 0 Å². The topological polar surface area (TPSA) is 70.1 Å². The molecule has 2 rings (SSSR count). The van der Waals surface area contributed by atoms with Crippen LogP contribution < -0.4 is 10.6 Å². The fourth-order valence-corrected chi connectivity index (χ4v) is 2.71. The number of nitrogens with zero attached hydrogens (tertiary/aromatic N) is 2. The Bertz CT molecular complexity index is 408. The molecule has 1 saturated carbocycles. The number of anilines is 2. The third-order valence-electron chi connectivity index (χ3n) is 3.37. The summed E-state index contributed by atoms with van der Waals surface area (Å²) in [5.74, 6) is 1.66. The maximum Gasteiger partial charge on any atom is 0.146 e. The van der Waals surface area contributed by atoms with Crippen molar-refractivity contribution >= 4 is 27.6 Å². The summed E-state index contributed by atoms with van der Waals surface area (Å²) in [6.45, 7) is 3.01. The molecular weight excluding hydrogens is 308 g/mol. The summed E-state index contributed by atoms with van der Waals surface area (Å²) >= 11 is 3.55. The zero-order valence-corrected chi connectivity index (χ0v) is 12.8. The Balaban J connectivity index is 1.99. The maximum absolute atomic E-state index is 9.52. The second kappa shape index (κ2) is 7.05. The molecule has 0 radical (unpaired) electrons. The van der Waals surface area contributed by atoms with Crippen molar-refractivity contribution in [3.63, 3.8) is 0 Å². The normalized spacial score (nSPS) is 23.1. The molecule has 1 aromatic heterocycles. The summed E-state index contributed by atoms with van der Waals surface area (Å²) < 4.78 is 0.884. The van der Waals surface area contributed by atoms with Gasteiger partial charge in [0, 0.05) is 12.6 Å². The van der Waals surface area contributed by atoms with Crippen molar-refractivity contribution in [2.45, 2.75) is 51.2 Å². The number of hydrogen-bond donors (Lipinski definition) is 3. The molecule has 1 aromatic rings. The van der Waals surface area contributed by atoms with Crippen molar-refractivity contribution in [3.8, 4) is 0 Å². The van der Waals surface area contributed by atoms with E-state index in [0.29, 0.717) is 6.04 Å². The Morgan fingerprint density at radius 1 is 1.26 bits per heavy atom. The SMILES string of the molecule is CCCNc1ncnc(NC2CCC(O)CC2)c1Br. The highest BCUT2D eigenvalue weighted by atomic mass is 79.9. The van der Waals surface area contributed by atoms with E-state index in [0.717, 1.165) is 54.8 Å². The molecule has 106 valence electrons. The Hall–Kier alpha value is -0.880. The van der Waals surface area contributed by atoms with Crippen molar-refractivity contribution in [2.75, 3.05) is 17.2 Å². The summed E-state index contributed by atoms with van der Waals surface area (Å²) in [5.41, 5.74) is 0. The number of rotatable bonds is 5. The van der Waals surface area contributed by atoms with Crippen LogP contribution in [-0.4, -0.2) is 33.8 Å². The highest BCUT2D eigenvalue weighted by Crippen LogP contribution is 2.29. The van der Waals surface area contributed by atoms with E-state index in [-0.39, 0.29) is 6.10 Å². The predicted octanol–water partition coefficient (Wildman–Crippen LogP) is 2.78. The average molecular weight is 329 g/mol. The van der Waals surface area contributed by atoms with E-state index in [1.165, 1.54) is 0 Å². The molecule has 0 atom stereocenters. The van der Waals surface area contributed by atoms with Gasteiger partial charge in [0.25, 0.3) is 0 Å². The van der Waals surface area contributed by atoms with E-state index in [4.69, 9.17) is 0 Å². The van der Waals surface area contributed by atoms with Gasteiger partial charge >= 0.3 is 0 Å². The summed E-state index contributed by atoms with van der Waals surface area (Å²) in [7, 11) is 0. The van der Waals surface area contributed by atoms with Crippen molar-refractivity contribution in [1.82, 2.24) is 9.97 Å². The van der Waals surface area contributed by atoms with Crippen LogP contribution in [0.15, 0.2) is 10.8 Å². The number of hydrogen-bond acceptors (Lipinski definition) is 5. The fourth-order valence-electron chi connectivity index (χ4n) is 2.25. The molecule has 0 amide bonds. The van der Waals surface area contributed by atoms with Crippen LogP contribution in [0.25, 0.3) is 0 Å². The van der Waals surface area contributed by atoms with Gasteiger partial charge in [0.15, 0.2) is 0 Å². The molecule has 0 unspecified atom stereocenters. The number of aliphatic hydroxyl groups is 1. The van der Waals surface area contributed by atoms with E-state index in [1.54, 1.807) is 6.33 Å². The average Bonchev–Trinajstić information content (AvgIpc) is 2.42. The maximum atomic E-state index is 9.52. The molecule has 0 spiro atoms. The van der Waals surface area contributed by atoms with E-state index >= 15 is 0 Å². The van der Waals surface area contributed by atoms with E-state index in [1.807, 2.05) is 0 Å². The van der Waals surface area contributed by atoms with Crippen molar-refractivity contribution in [3.05, 3.63) is 10.8 Å². The Morgan fingerprint density at radius 2 is 1.95 bits per heavy atom. The summed E-state index contributed by atoms with van der Waals surface area (Å²) in [5, 5.41) is 16.2. The molecule has 1 fully saturated rings. The highest BCUT2D eigenvalue weighted by Gasteiger charge is 2.20. The second-order valence-corrected chi connectivity index (χ2v) is 5.75. The van der Waals surface area contributed by atoms with E-state index < -0.39 is 0 Å². The first-order valence-corrected chi connectivity index (χ1v) is 7.69. The Labute approximate surface area is 122 Å². The monoisotopic (exact) mass is 328 g/mol. The standard InChI is InChI=1S/C13H21BrN4O/c1-2-7-15-12-11(14)13(17-8-16-12)18-9-3-5-10(19)6-4-9/h8-10,19H,2-7H2,1H3,(H2,15,16,17,18). The zero-order valence-electron chi connectivity index (χ0n) is 11.2. The lowest BCUT2D eigenvalue weighted by Crippen LogP contribution is -2.28. The third kappa shape index (κ3) is 4.04. The first kappa shape index (κ1) is 14.5.